The number of aryl methyl sites for hydroxylation is 1. The van der Waals surface area contributed by atoms with Crippen LogP contribution in [0, 0.1) is 0 Å². The number of aromatic nitrogens is 1. The summed E-state index contributed by atoms with van der Waals surface area (Å²) in [6.45, 7) is 0. The molecule has 0 bridgehead atoms. The number of allylic oxidation sites excluding steroid dienone is 1. The third-order valence-electron chi connectivity index (χ3n) is 2.23. The molecule has 1 aromatic rings. The monoisotopic (exact) mass is 175 g/mol. The molecule has 2 rings (SSSR count). The van der Waals surface area contributed by atoms with E-state index in [1.165, 1.54) is 5.69 Å². The van der Waals surface area contributed by atoms with Crippen LogP contribution in [0.2, 0.25) is 0 Å². The van der Waals surface area contributed by atoms with Gasteiger partial charge in [0.1, 0.15) is 5.84 Å². The van der Waals surface area contributed by atoms with Gasteiger partial charge in [-0.3, -0.25) is 0 Å². The van der Waals surface area contributed by atoms with Crippen molar-refractivity contribution in [3.8, 4) is 0 Å². The number of H-pyrrole nitrogens is 1. The number of hydrogen-bond donors (Lipinski definition) is 2. The molecule has 0 aliphatic carbocycles. The summed E-state index contributed by atoms with van der Waals surface area (Å²) in [5, 5.41) is 0. The third kappa shape index (κ3) is 1.64. The van der Waals surface area contributed by atoms with Crippen LogP contribution in [0.15, 0.2) is 29.5 Å². The number of fused-ring (bicyclic) bond motifs is 1. The lowest BCUT2D eigenvalue weighted by atomic mass is 10.1. The van der Waals surface area contributed by atoms with Crippen LogP contribution in [0.1, 0.15) is 24.1 Å². The van der Waals surface area contributed by atoms with Crippen molar-refractivity contribution in [2.75, 3.05) is 0 Å². The van der Waals surface area contributed by atoms with E-state index in [1.807, 2.05) is 12.3 Å². The molecule has 1 aromatic heterocycles. The molecular weight excluding hydrogens is 162 g/mol. The highest BCUT2D eigenvalue weighted by atomic mass is 14.8. The lowest BCUT2D eigenvalue weighted by molar-refractivity contribution is 0.823. The van der Waals surface area contributed by atoms with Gasteiger partial charge in [0.25, 0.3) is 0 Å². The van der Waals surface area contributed by atoms with Crippen molar-refractivity contribution in [1.82, 2.24) is 4.98 Å². The summed E-state index contributed by atoms with van der Waals surface area (Å²) >= 11 is 0. The second-order valence-electron chi connectivity index (χ2n) is 3.16. The zero-order chi connectivity index (χ0) is 9.10. The molecule has 3 heteroatoms. The summed E-state index contributed by atoms with van der Waals surface area (Å²) < 4.78 is 0. The first kappa shape index (κ1) is 8.10. The molecule has 0 amide bonds. The molecule has 0 atom stereocenters. The summed E-state index contributed by atoms with van der Waals surface area (Å²) in [7, 11) is 0. The second kappa shape index (κ2) is 3.47. The smallest absolute Gasteiger partial charge is 0.132 e. The predicted molar refractivity (Wildman–Crippen MR) is 53.6 cm³/mol. The largest absolute Gasteiger partial charge is 0.383 e. The Kier molecular flexibility index (Phi) is 2.17. The van der Waals surface area contributed by atoms with Gasteiger partial charge in [-0.2, -0.15) is 0 Å². The van der Waals surface area contributed by atoms with Crippen molar-refractivity contribution in [2.45, 2.75) is 19.3 Å². The van der Waals surface area contributed by atoms with Crippen molar-refractivity contribution in [3.63, 3.8) is 0 Å². The maximum atomic E-state index is 5.81. The van der Waals surface area contributed by atoms with Crippen LogP contribution >= 0.6 is 0 Å². The Labute approximate surface area is 77.4 Å². The van der Waals surface area contributed by atoms with E-state index in [-0.39, 0.29) is 0 Å². The van der Waals surface area contributed by atoms with E-state index in [1.54, 1.807) is 6.20 Å². The summed E-state index contributed by atoms with van der Waals surface area (Å²) in [5.41, 5.74) is 8.06. The zero-order valence-corrected chi connectivity index (χ0v) is 7.46. The number of aromatic amines is 1. The number of nitrogens with zero attached hydrogens (tertiary/aromatic N) is 1. The first-order valence-electron chi connectivity index (χ1n) is 4.53. The minimum Gasteiger partial charge on any atom is -0.383 e. The molecule has 0 unspecified atom stereocenters. The Balaban J connectivity index is 2.40. The average Bonchev–Trinajstić information content (AvgIpc) is 2.58. The highest BCUT2D eigenvalue weighted by Crippen LogP contribution is 2.12. The van der Waals surface area contributed by atoms with Crippen LogP contribution in [0.25, 0.3) is 0 Å². The normalized spacial score (nSPS) is 19.2. The van der Waals surface area contributed by atoms with Gasteiger partial charge in [-0.05, 0) is 25.3 Å². The third-order valence-corrected chi connectivity index (χ3v) is 2.23. The Morgan fingerprint density at radius 1 is 1.46 bits per heavy atom. The molecule has 0 fully saturated rings. The van der Waals surface area contributed by atoms with E-state index in [2.05, 4.69) is 16.1 Å². The Morgan fingerprint density at radius 3 is 3.31 bits per heavy atom. The molecule has 1 aliphatic rings. The number of amidine groups is 1. The predicted octanol–water partition coefficient (Wildman–Crippen LogP) is 1.57. The minimum absolute atomic E-state index is 0.606. The van der Waals surface area contributed by atoms with Crippen molar-refractivity contribution in [1.29, 1.82) is 0 Å². The first-order valence-corrected chi connectivity index (χ1v) is 4.53. The molecule has 0 radical (unpaired) electrons. The fourth-order valence-electron chi connectivity index (χ4n) is 1.52. The first-order chi connectivity index (χ1) is 6.38. The Hall–Kier alpha value is -1.51. The number of aliphatic imine (C=N–C) groups is 1. The van der Waals surface area contributed by atoms with Crippen LogP contribution < -0.4 is 5.73 Å². The summed E-state index contributed by atoms with van der Waals surface area (Å²) in [6.07, 6.45) is 9.01. The van der Waals surface area contributed by atoms with E-state index >= 15 is 0 Å². The van der Waals surface area contributed by atoms with Gasteiger partial charge in [0.15, 0.2) is 0 Å². The van der Waals surface area contributed by atoms with Gasteiger partial charge in [0, 0.05) is 23.7 Å². The summed E-state index contributed by atoms with van der Waals surface area (Å²) in [5.74, 6) is 0.606. The van der Waals surface area contributed by atoms with E-state index in [9.17, 15) is 0 Å². The highest BCUT2D eigenvalue weighted by molar-refractivity contribution is 5.98. The van der Waals surface area contributed by atoms with Crippen LogP contribution in [-0.2, 0) is 6.42 Å². The van der Waals surface area contributed by atoms with Gasteiger partial charge in [0.05, 0.1) is 0 Å². The van der Waals surface area contributed by atoms with Gasteiger partial charge in [0.2, 0.25) is 0 Å². The molecule has 0 spiro atoms. The molecule has 2 heterocycles. The molecular formula is C10H13N3. The van der Waals surface area contributed by atoms with Crippen LogP contribution in [-0.4, -0.2) is 10.8 Å². The lowest BCUT2D eigenvalue weighted by Gasteiger charge is -2.00. The Morgan fingerprint density at radius 2 is 2.38 bits per heavy atom. The maximum absolute atomic E-state index is 5.81. The minimum atomic E-state index is 0.606. The standard InChI is InChI=1S/C10H13N3/c11-10-8-5-7-12-9(8)4-2-1-3-6-13-10/h3,5-7,12H,1-2,4H2,(H2,11,13)/b6-3+. The fraction of sp³-hybridized carbons (Fsp3) is 0.300. The van der Waals surface area contributed by atoms with Crippen molar-refractivity contribution in [2.24, 2.45) is 10.7 Å². The van der Waals surface area contributed by atoms with E-state index in [4.69, 9.17) is 5.73 Å². The van der Waals surface area contributed by atoms with Gasteiger partial charge in [-0.15, -0.1) is 0 Å². The lowest BCUT2D eigenvalue weighted by Crippen LogP contribution is -2.13. The number of nitrogens with one attached hydrogen (secondary N) is 1. The van der Waals surface area contributed by atoms with Crippen LogP contribution in [0.4, 0.5) is 0 Å². The maximum Gasteiger partial charge on any atom is 0.132 e. The van der Waals surface area contributed by atoms with Gasteiger partial charge < -0.3 is 10.7 Å². The quantitative estimate of drug-likeness (QED) is 0.617. The topological polar surface area (TPSA) is 54.2 Å². The molecule has 13 heavy (non-hydrogen) atoms. The summed E-state index contributed by atoms with van der Waals surface area (Å²) in [4.78, 5) is 7.35. The molecule has 68 valence electrons. The summed E-state index contributed by atoms with van der Waals surface area (Å²) in [6, 6.07) is 1.98. The number of nitrogens with two attached hydrogens (primary N) is 1. The Bertz CT molecular complexity index is 347. The van der Waals surface area contributed by atoms with Gasteiger partial charge in [-0.1, -0.05) is 6.08 Å². The van der Waals surface area contributed by atoms with Crippen molar-refractivity contribution >= 4 is 5.84 Å². The number of rotatable bonds is 0. The highest BCUT2D eigenvalue weighted by Gasteiger charge is 2.07. The molecule has 1 aliphatic heterocycles. The van der Waals surface area contributed by atoms with E-state index < -0.39 is 0 Å². The zero-order valence-electron chi connectivity index (χ0n) is 7.46. The SMILES string of the molecule is NC1=N/C=C/CCCc2[nH]ccc21. The van der Waals surface area contributed by atoms with Crippen molar-refractivity contribution < 1.29 is 0 Å². The van der Waals surface area contributed by atoms with Crippen molar-refractivity contribution in [3.05, 3.63) is 35.8 Å². The number of hydrogen-bond acceptors (Lipinski definition) is 2. The second-order valence-corrected chi connectivity index (χ2v) is 3.16. The molecule has 3 nitrogen and oxygen atoms in total. The molecule has 3 N–H and O–H groups in total. The van der Waals surface area contributed by atoms with E-state index in [0.29, 0.717) is 5.84 Å². The van der Waals surface area contributed by atoms with E-state index in [0.717, 1.165) is 24.8 Å². The van der Waals surface area contributed by atoms with Crippen LogP contribution in [0.5, 0.6) is 0 Å². The van der Waals surface area contributed by atoms with Gasteiger partial charge >= 0.3 is 0 Å². The fourth-order valence-corrected chi connectivity index (χ4v) is 1.52. The van der Waals surface area contributed by atoms with Gasteiger partial charge in [-0.25, -0.2) is 4.99 Å². The molecule has 0 saturated heterocycles. The average molecular weight is 175 g/mol. The van der Waals surface area contributed by atoms with Crippen LogP contribution in [0.3, 0.4) is 0 Å². The molecule has 0 aromatic carbocycles. The molecule has 0 saturated carbocycles.